The second-order valence-corrected chi connectivity index (χ2v) is 14.9. The SMILES string of the molecule is CC1(C)c2cc(-c3ncncn3)ccc2-c2cc3c(-c4ccc5ccccc5c4)c4ccc(-c5ncncn5)cc4c(-c4ccc5ccccc5c4)c3cc21. The van der Waals surface area contributed by atoms with Crippen LogP contribution in [0.15, 0.2) is 159 Å². The fourth-order valence-electron chi connectivity index (χ4n) is 8.82. The van der Waals surface area contributed by atoms with Crippen molar-refractivity contribution in [2.45, 2.75) is 19.3 Å². The third kappa shape index (κ3) is 4.88. The Morgan fingerprint density at radius 1 is 0.364 bits per heavy atom. The highest BCUT2D eigenvalue weighted by molar-refractivity contribution is 6.23. The monoisotopic (exact) mass is 704 g/mol. The minimum absolute atomic E-state index is 0.284. The van der Waals surface area contributed by atoms with E-state index in [-0.39, 0.29) is 5.41 Å². The van der Waals surface area contributed by atoms with Gasteiger partial charge in [0.15, 0.2) is 11.6 Å². The first-order valence-electron chi connectivity index (χ1n) is 18.5. The zero-order valence-electron chi connectivity index (χ0n) is 30.2. The van der Waals surface area contributed by atoms with Gasteiger partial charge in [0.2, 0.25) is 0 Å². The van der Waals surface area contributed by atoms with Crippen molar-refractivity contribution in [3.05, 3.63) is 170 Å². The summed E-state index contributed by atoms with van der Waals surface area (Å²) in [6.07, 6.45) is 6.24. The Morgan fingerprint density at radius 2 is 0.836 bits per heavy atom. The van der Waals surface area contributed by atoms with Gasteiger partial charge in [0.25, 0.3) is 0 Å². The Kier molecular flexibility index (Phi) is 6.79. The van der Waals surface area contributed by atoms with Crippen molar-refractivity contribution in [3.63, 3.8) is 0 Å². The van der Waals surface area contributed by atoms with E-state index in [4.69, 9.17) is 0 Å². The summed E-state index contributed by atoms with van der Waals surface area (Å²) in [6, 6.07) is 49.1. The van der Waals surface area contributed by atoms with E-state index < -0.39 is 0 Å². The van der Waals surface area contributed by atoms with E-state index >= 15 is 0 Å². The molecule has 55 heavy (non-hydrogen) atoms. The third-order valence-corrected chi connectivity index (χ3v) is 11.5. The summed E-state index contributed by atoms with van der Waals surface area (Å²) in [5, 5.41) is 9.58. The molecule has 6 heteroatoms. The molecule has 258 valence electrons. The molecular weight excluding hydrogens is 673 g/mol. The van der Waals surface area contributed by atoms with Gasteiger partial charge in [0.1, 0.15) is 25.3 Å². The highest BCUT2D eigenvalue weighted by atomic mass is 15.0. The molecule has 0 atom stereocenters. The van der Waals surface area contributed by atoms with E-state index in [0.717, 1.165) is 22.1 Å². The van der Waals surface area contributed by atoms with Gasteiger partial charge < -0.3 is 0 Å². The quantitative estimate of drug-likeness (QED) is 0.170. The molecule has 2 aromatic heterocycles. The largest absolute Gasteiger partial charge is 0.225 e. The lowest BCUT2D eigenvalue weighted by atomic mass is 9.79. The van der Waals surface area contributed by atoms with Crippen molar-refractivity contribution in [1.82, 2.24) is 29.9 Å². The molecule has 0 bridgehead atoms. The maximum Gasteiger partial charge on any atom is 0.162 e. The van der Waals surface area contributed by atoms with Crippen LogP contribution in [0.2, 0.25) is 0 Å². The standard InChI is InChI=1S/C49H32N6/c1-49(2)43-22-36(48-54-27-51-28-55-48)15-17-37(43)39-23-41-42(24-44(39)49)46(34-14-12-30-8-4-6-10-32(30)20-34)40-21-35(47-52-25-50-26-53-47)16-18-38(40)45(41)33-13-11-29-7-3-5-9-31(29)19-33/h3-28H,1-2H3. The number of fused-ring (bicyclic) bond motifs is 7. The lowest BCUT2D eigenvalue weighted by molar-refractivity contribution is 0.661. The first-order valence-corrected chi connectivity index (χ1v) is 18.5. The van der Waals surface area contributed by atoms with Crippen LogP contribution in [-0.2, 0) is 5.41 Å². The van der Waals surface area contributed by atoms with Crippen molar-refractivity contribution in [1.29, 1.82) is 0 Å². The highest BCUT2D eigenvalue weighted by Gasteiger charge is 2.37. The van der Waals surface area contributed by atoms with Gasteiger partial charge in [-0.05, 0) is 124 Å². The topological polar surface area (TPSA) is 77.3 Å². The molecule has 0 radical (unpaired) electrons. The van der Waals surface area contributed by atoms with E-state index in [1.54, 1.807) is 25.3 Å². The molecule has 0 N–H and O–H groups in total. The van der Waals surface area contributed by atoms with Gasteiger partial charge in [0, 0.05) is 16.5 Å². The van der Waals surface area contributed by atoms with E-state index in [0.29, 0.717) is 11.6 Å². The molecule has 1 aliphatic rings. The van der Waals surface area contributed by atoms with Crippen LogP contribution in [0.25, 0.3) is 99.2 Å². The second-order valence-electron chi connectivity index (χ2n) is 14.9. The zero-order valence-corrected chi connectivity index (χ0v) is 30.2. The molecule has 2 heterocycles. The molecular formula is C49H32N6. The number of rotatable bonds is 4. The second kappa shape index (κ2) is 11.9. The molecule has 0 spiro atoms. The summed E-state index contributed by atoms with van der Waals surface area (Å²) in [5.41, 5.74) is 11.4. The number of hydrogen-bond donors (Lipinski definition) is 0. The number of aromatic nitrogens is 6. The van der Waals surface area contributed by atoms with E-state index in [1.807, 2.05) is 0 Å². The van der Waals surface area contributed by atoms with Gasteiger partial charge >= 0.3 is 0 Å². The smallest absolute Gasteiger partial charge is 0.162 e. The molecule has 0 unspecified atom stereocenters. The minimum atomic E-state index is -0.284. The molecule has 0 aliphatic heterocycles. The average molecular weight is 705 g/mol. The van der Waals surface area contributed by atoms with Crippen LogP contribution in [0.4, 0.5) is 0 Å². The Labute approximate surface area is 317 Å². The normalized spacial score (nSPS) is 13.1. The third-order valence-electron chi connectivity index (χ3n) is 11.5. The van der Waals surface area contributed by atoms with Crippen LogP contribution in [0.3, 0.4) is 0 Å². The molecule has 11 rings (SSSR count). The lowest BCUT2D eigenvalue weighted by Crippen LogP contribution is -2.15. The van der Waals surface area contributed by atoms with Crippen LogP contribution in [0, 0.1) is 0 Å². The molecule has 6 nitrogen and oxygen atoms in total. The van der Waals surface area contributed by atoms with Gasteiger partial charge in [-0.15, -0.1) is 0 Å². The predicted octanol–water partition coefficient (Wildman–Crippen LogP) is 11.6. The summed E-state index contributed by atoms with van der Waals surface area (Å²) in [4.78, 5) is 26.2. The van der Waals surface area contributed by atoms with E-state index in [1.165, 1.54) is 76.6 Å². The van der Waals surface area contributed by atoms with Crippen LogP contribution in [0.5, 0.6) is 0 Å². The lowest BCUT2D eigenvalue weighted by Gasteiger charge is -2.24. The first kappa shape index (κ1) is 31.4. The predicted molar refractivity (Wildman–Crippen MR) is 223 cm³/mol. The number of hydrogen-bond acceptors (Lipinski definition) is 6. The van der Waals surface area contributed by atoms with Crippen LogP contribution in [-0.4, -0.2) is 29.9 Å². The average Bonchev–Trinajstić information content (AvgIpc) is 3.46. The molecule has 1 aliphatic carbocycles. The van der Waals surface area contributed by atoms with Gasteiger partial charge in [0.05, 0.1) is 0 Å². The molecule has 8 aromatic carbocycles. The summed E-state index contributed by atoms with van der Waals surface area (Å²) in [5.74, 6) is 1.32. The van der Waals surface area contributed by atoms with Crippen LogP contribution in [0.1, 0.15) is 25.0 Å². The summed E-state index contributed by atoms with van der Waals surface area (Å²) in [6.45, 7) is 4.67. The Hall–Kier alpha value is -7.18. The zero-order chi connectivity index (χ0) is 36.7. The number of benzene rings is 8. The van der Waals surface area contributed by atoms with Crippen molar-refractivity contribution in [3.8, 4) is 56.2 Å². The van der Waals surface area contributed by atoms with E-state index in [9.17, 15) is 0 Å². The van der Waals surface area contributed by atoms with Crippen LogP contribution < -0.4 is 0 Å². The van der Waals surface area contributed by atoms with Crippen molar-refractivity contribution >= 4 is 43.1 Å². The van der Waals surface area contributed by atoms with Crippen LogP contribution >= 0.6 is 0 Å². The van der Waals surface area contributed by atoms with Crippen molar-refractivity contribution in [2.75, 3.05) is 0 Å². The maximum atomic E-state index is 4.56. The summed E-state index contributed by atoms with van der Waals surface area (Å²) < 4.78 is 0. The molecule has 0 amide bonds. The van der Waals surface area contributed by atoms with Crippen molar-refractivity contribution < 1.29 is 0 Å². The Balaban J connectivity index is 1.28. The molecule has 10 aromatic rings. The highest BCUT2D eigenvalue weighted by Crippen LogP contribution is 2.54. The van der Waals surface area contributed by atoms with Gasteiger partial charge in [-0.2, -0.15) is 0 Å². The fourth-order valence-corrected chi connectivity index (χ4v) is 8.82. The molecule has 0 saturated heterocycles. The molecule has 0 fully saturated rings. The number of nitrogens with zero attached hydrogens (tertiary/aromatic N) is 6. The maximum absolute atomic E-state index is 4.56. The van der Waals surface area contributed by atoms with Crippen molar-refractivity contribution in [2.24, 2.45) is 0 Å². The Morgan fingerprint density at radius 3 is 1.45 bits per heavy atom. The van der Waals surface area contributed by atoms with E-state index in [2.05, 4.69) is 177 Å². The Bertz CT molecular complexity index is 3170. The van der Waals surface area contributed by atoms with Gasteiger partial charge in [-0.1, -0.05) is 111 Å². The summed E-state index contributed by atoms with van der Waals surface area (Å²) in [7, 11) is 0. The van der Waals surface area contributed by atoms with Gasteiger partial charge in [-0.25, -0.2) is 29.9 Å². The van der Waals surface area contributed by atoms with Gasteiger partial charge in [-0.3, -0.25) is 0 Å². The minimum Gasteiger partial charge on any atom is -0.225 e. The fraction of sp³-hybridized carbons (Fsp3) is 0.0612. The molecule has 0 saturated carbocycles. The summed E-state index contributed by atoms with van der Waals surface area (Å²) >= 11 is 0. The first-order chi connectivity index (χ1) is 27.0.